The van der Waals surface area contributed by atoms with E-state index >= 15 is 0 Å². The van der Waals surface area contributed by atoms with Crippen LogP contribution in [0.1, 0.15) is 18.1 Å². The zero-order chi connectivity index (χ0) is 25.9. The van der Waals surface area contributed by atoms with E-state index < -0.39 is 0 Å². The first-order valence-electron chi connectivity index (χ1n) is 11.5. The number of ether oxygens (including phenoxy) is 2. The molecule has 0 saturated carbocycles. The van der Waals surface area contributed by atoms with Crippen LogP contribution in [0, 0.1) is 0 Å². The standard InChI is InChI=1S/C29H21BrClNO3S2/c1-2-34-25-14-18(15-26-28(33)32(29(36)37-26)22-11-6-10-21(31)16-22)13-24(30)27(25)35-17-20-9-5-8-19-7-3-4-12-23(19)20/h3-16H,2,17H2,1H3/b26-15-. The second-order valence-corrected chi connectivity index (χ2v) is 11.2. The van der Waals surface area contributed by atoms with Gasteiger partial charge in [-0.15, -0.1) is 0 Å². The molecule has 4 nitrogen and oxygen atoms in total. The quantitative estimate of drug-likeness (QED) is 0.155. The number of hydrogen-bond acceptors (Lipinski definition) is 5. The highest BCUT2D eigenvalue weighted by molar-refractivity contribution is 9.10. The van der Waals surface area contributed by atoms with Gasteiger partial charge in [-0.2, -0.15) is 0 Å². The monoisotopic (exact) mass is 609 g/mol. The highest BCUT2D eigenvalue weighted by Crippen LogP contribution is 2.41. The Balaban J connectivity index is 1.42. The van der Waals surface area contributed by atoms with Crippen molar-refractivity contribution in [2.45, 2.75) is 13.5 Å². The molecule has 0 aromatic heterocycles. The number of fused-ring (bicyclic) bond motifs is 1. The van der Waals surface area contributed by atoms with Crippen molar-refractivity contribution in [3.8, 4) is 11.5 Å². The molecule has 4 aromatic carbocycles. The van der Waals surface area contributed by atoms with E-state index in [0.29, 0.717) is 44.6 Å². The van der Waals surface area contributed by atoms with E-state index in [1.165, 1.54) is 16.7 Å². The molecule has 0 N–H and O–H groups in total. The summed E-state index contributed by atoms with van der Waals surface area (Å²) in [5.74, 6) is 1.01. The highest BCUT2D eigenvalue weighted by atomic mass is 79.9. The Kier molecular flexibility index (Phi) is 7.86. The van der Waals surface area contributed by atoms with Crippen LogP contribution in [-0.2, 0) is 11.4 Å². The first kappa shape index (κ1) is 25.8. The van der Waals surface area contributed by atoms with Crippen LogP contribution in [0.5, 0.6) is 11.5 Å². The highest BCUT2D eigenvalue weighted by Gasteiger charge is 2.33. The molecular weight excluding hydrogens is 590 g/mol. The van der Waals surface area contributed by atoms with Crippen LogP contribution in [0.2, 0.25) is 5.02 Å². The summed E-state index contributed by atoms with van der Waals surface area (Å²) >= 11 is 16.5. The number of rotatable bonds is 7. The number of thiocarbonyl (C=S) groups is 1. The van der Waals surface area contributed by atoms with Gasteiger partial charge < -0.3 is 9.47 Å². The molecule has 5 rings (SSSR count). The van der Waals surface area contributed by atoms with Crippen molar-refractivity contribution in [1.29, 1.82) is 0 Å². The van der Waals surface area contributed by atoms with Crippen molar-refractivity contribution in [3.63, 3.8) is 0 Å². The first-order valence-corrected chi connectivity index (χ1v) is 13.9. The zero-order valence-corrected chi connectivity index (χ0v) is 23.7. The van der Waals surface area contributed by atoms with Crippen molar-refractivity contribution in [3.05, 3.63) is 104 Å². The van der Waals surface area contributed by atoms with Crippen molar-refractivity contribution in [2.75, 3.05) is 11.5 Å². The maximum Gasteiger partial charge on any atom is 0.270 e. The summed E-state index contributed by atoms with van der Waals surface area (Å²) in [6.07, 6.45) is 1.81. The third kappa shape index (κ3) is 5.55. The summed E-state index contributed by atoms with van der Waals surface area (Å²) in [6, 6.07) is 25.3. The average Bonchev–Trinajstić information content (AvgIpc) is 3.16. The minimum absolute atomic E-state index is 0.192. The molecular formula is C29H21BrClNO3S2. The second kappa shape index (κ2) is 11.3. The number of hydrogen-bond donors (Lipinski definition) is 0. The lowest BCUT2D eigenvalue weighted by Gasteiger charge is -2.16. The normalized spacial score (nSPS) is 14.6. The summed E-state index contributed by atoms with van der Waals surface area (Å²) in [5.41, 5.74) is 2.52. The Labute approximate surface area is 238 Å². The fourth-order valence-electron chi connectivity index (χ4n) is 4.10. The number of thioether (sulfide) groups is 1. The number of anilines is 1. The van der Waals surface area contributed by atoms with Gasteiger partial charge in [-0.25, -0.2) is 0 Å². The zero-order valence-electron chi connectivity index (χ0n) is 19.7. The minimum atomic E-state index is -0.192. The predicted molar refractivity (Wildman–Crippen MR) is 161 cm³/mol. The Morgan fingerprint density at radius 2 is 1.81 bits per heavy atom. The summed E-state index contributed by atoms with van der Waals surface area (Å²) in [6.45, 7) is 2.78. The summed E-state index contributed by atoms with van der Waals surface area (Å²) < 4.78 is 13.4. The molecule has 1 heterocycles. The molecule has 186 valence electrons. The topological polar surface area (TPSA) is 38.8 Å². The van der Waals surface area contributed by atoms with Crippen molar-refractivity contribution in [2.24, 2.45) is 0 Å². The SMILES string of the molecule is CCOc1cc(/C=C2\SC(=S)N(c3cccc(Cl)c3)C2=O)cc(Br)c1OCc1cccc2ccccc12. The van der Waals surface area contributed by atoms with Crippen molar-refractivity contribution < 1.29 is 14.3 Å². The van der Waals surface area contributed by atoms with E-state index in [0.717, 1.165) is 26.4 Å². The lowest BCUT2D eigenvalue weighted by atomic mass is 10.1. The summed E-state index contributed by atoms with van der Waals surface area (Å²) in [5, 5.41) is 2.86. The van der Waals surface area contributed by atoms with Gasteiger partial charge >= 0.3 is 0 Å². The van der Waals surface area contributed by atoms with Crippen LogP contribution >= 0.6 is 51.5 Å². The van der Waals surface area contributed by atoms with Crippen LogP contribution in [0.25, 0.3) is 16.8 Å². The molecule has 0 bridgehead atoms. The van der Waals surface area contributed by atoms with E-state index in [2.05, 4.69) is 40.2 Å². The molecule has 4 aromatic rings. The molecule has 0 atom stereocenters. The molecule has 1 saturated heterocycles. The van der Waals surface area contributed by atoms with Gasteiger partial charge in [-0.1, -0.05) is 84.1 Å². The van der Waals surface area contributed by atoms with Crippen LogP contribution in [-0.4, -0.2) is 16.8 Å². The number of carbonyl (C=O) groups excluding carboxylic acids is 1. The molecule has 0 spiro atoms. The Hall–Kier alpha value is -2.84. The second-order valence-electron chi connectivity index (χ2n) is 8.19. The largest absolute Gasteiger partial charge is 0.490 e. The van der Waals surface area contributed by atoms with Gasteiger partial charge in [0.25, 0.3) is 5.91 Å². The Morgan fingerprint density at radius 1 is 1.03 bits per heavy atom. The third-order valence-corrected chi connectivity index (χ3v) is 7.87. The van der Waals surface area contributed by atoms with E-state index in [-0.39, 0.29) is 5.91 Å². The Morgan fingerprint density at radius 3 is 2.62 bits per heavy atom. The number of benzene rings is 4. The van der Waals surface area contributed by atoms with E-state index in [1.54, 1.807) is 18.2 Å². The predicted octanol–water partition coefficient (Wildman–Crippen LogP) is 8.64. The van der Waals surface area contributed by atoms with Crippen molar-refractivity contribution >= 4 is 84.3 Å². The van der Waals surface area contributed by atoms with Gasteiger partial charge in [-0.3, -0.25) is 9.69 Å². The first-order chi connectivity index (χ1) is 17.9. The maximum atomic E-state index is 13.2. The van der Waals surface area contributed by atoms with Crippen LogP contribution in [0.15, 0.2) is 88.2 Å². The van der Waals surface area contributed by atoms with E-state index in [1.807, 2.05) is 49.4 Å². The van der Waals surface area contributed by atoms with Gasteiger partial charge in [0.1, 0.15) is 6.61 Å². The molecule has 0 radical (unpaired) electrons. The van der Waals surface area contributed by atoms with Gasteiger partial charge in [0, 0.05) is 5.02 Å². The Bertz CT molecular complexity index is 1550. The van der Waals surface area contributed by atoms with Gasteiger partial charge in [0.2, 0.25) is 0 Å². The number of halogens is 2. The number of nitrogens with zero attached hydrogens (tertiary/aromatic N) is 1. The van der Waals surface area contributed by atoms with Gasteiger partial charge in [0.15, 0.2) is 15.8 Å². The minimum Gasteiger partial charge on any atom is -0.490 e. The molecule has 37 heavy (non-hydrogen) atoms. The van der Waals surface area contributed by atoms with Crippen LogP contribution in [0.3, 0.4) is 0 Å². The fourth-order valence-corrected chi connectivity index (χ4v) is 6.16. The third-order valence-electron chi connectivity index (χ3n) is 5.74. The number of carbonyl (C=O) groups is 1. The summed E-state index contributed by atoms with van der Waals surface area (Å²) in [7, 11) is 0. The lowest BCUT2D eigenvalue weighted by molar-refractivity contribution is -0.113. The van der Waals surface area contributed by atoms with Gasteiger partial charge in [-0.05, 0) is 81.2 Å². The molecule has 1 amide bonds. The van der Waals surface area contributed by atoms with Crippen molar-refractivity contribution in [1.82, 2.24) is 0 Å². The van der Waals surface area contributed by atoms with E-state index in [9.17, 15) is 4.79 Å². The molecule has 0 aliphatic carbocycles. The number of amides is 1. The average molecular weight is 611 g/mol. The molecule has 1 fully saturated rings. The summed E-state index contributed by atoms with van der Waals surface area (Å²) in [4.78, 5) is 15.2. The fraction of sp³-hybridized carbons (Fsp3) is 0.103. The lowest BCUT2D eigenvalue weighted by Crippen LogP contribution is -2.27. The smallest absolute Gasteiger partial charge is 0.270 e. The molecule has 1 aliphatic heterocycles. The molecule has 1 aliphatic rings. The van der Waals surface area contributed by atoms with Crippen LogP contribution < -0.4 is 14.4 Å². The van der Waals surface area contributed by atoms with Crippen LogP contribution in [0.4, 0.5) is 5.69 Å². The molecule has 0 unspecified atom stereocenters. The molecule has 8 heteroatoms. The van der Waals surface area contributed by atoms with Gasteiger partial charge in [0.05, 0.1) is 21.7 Å². The maximum absolute atomic E-state index is 13.2. The van der Waals surface area contributed by atoms with E-state index in [4.69, 9.17) is 33.3 Å².